The maximum Gasteiger partial charge on any atom is 0.146 e. The number of hydrogen-bond acceptors (Lipinski definition) is 2. The van der Waals surface area contributed by atoms with Gasteiger partial charge in [0.05, 0.1) is 0 Å². The van der Waals surface area contributed by atoms with Crippen LogP contribution in [0, 0.1) is 36.8 Å². The topological polar surface area (TPSA) is 0 Å². The fourth-order valence-corrected chi connectivity index (χ4v) is 21.6. The van der Waals surface area contributed by atoms with Gasteiger partial charge in [0.15, 0.2) is 0 Å². The first-order chi connectivity index (χ1) is 23.6. The largest absolute Gasteiger partial charge is 0.146 e. The second-order valence-electron chi connectivity index (χ2n) is 16.4. The molecule has 4 heteroatoms. The van der Waals surface area contributed by atoms with E-state index in [0.717, 1.165) is 0 Å². The molecule has 0 nitrogen and oxygen atoms in total. The van der Waals surface area contributed by atoms with Gasteiger partial charge in [0.2, 0.25) is 0 Å². The lowest BCUT2D eigenvalue weighted by atomic mass is 9.89. The van der Waals surface area contributed by atoms with Gasteiger partial charge in [-0.2, -0.15) is 0 Å². The predicted octanol–water partition coefficient (Wildman–Crippen LogP) is 15.2. The Morgan fingerprint density at radius 2 is 0.760 bits per heavy atom. The number of aryl methyl sites for hydroxylation is 2. The van der Waals surface area contributed by atoms with Crippen molar-refractivity contribution in [3.05, 3.63) is 81.5 Å². The van der Waals surface area contributed by atoms with E-state index in [1.807, 2.05) is 22.7 Å². The summed E-state index contributed by atoms with van der Waals surface area (Å²) in [6.45, 7) is 33.4. The molecule has 0 atom stereocenters. The molecule has 0 aliphatic rings. The van der Waals surface area contributed by atoms with Crippen LogP contribution in [0.15, 0.2) is 59.3 Å². The molecule has 50 heavy (non-hydrogen) atoms. The molecule has 0 aliphatic heterocycles. The summed E-state index contributed by atoms with van der Waals surface area (Å²) in [5.41, 5.74) is 19.2. The fourth-order valence-electron chi connectivity index (χ4n) is 9.32. The summed E-state index contributed by atoms with van der Waals surface area (Å²) < 4.78 is 0. The van der Waals surface area contributed by atoms with Gasteiger partial charge in [0, 0.05) is 20.9 Å². The molecule has 5 aromatic rings. The summed E-state index contributed by atoms with van der Waals surface area (Å²) in [4.78, 5) is 2.67. The van der Waals surface area contributed by atoms with Crippen LogP contribution in [0.4, 0.5) is 0 Å². The average Bonchev–Trinajstić information content (AvgIpc) is 3.68. The molecule has 0 saturated heterocycles. The Kier molecular flexibility index (Phi) is 11.5. The zero-order valence-corrected chi connectivity index (χ0v) is 36.7. The van der Waals surface area contributed by atoms with Crippen molar-refractivity contribution in [3.8, 4) is 43.8 Å². The van der Waals surface area contributed by atoms with Crippen LogP contribution in [0.5, 0.6) is 0 Å². The van der Waals surface area contributed by atoms with Gasteiger partial charge in [-0.05, 0) is 126 Å². The van der Waals surface area contributed by atoms with Gasteiger partial charge >= 0.3 is 0 Å². The standard InChI is InChI=1S/C46H58S2Si2/c1-29(2)49(30(3)4,31(5)6)25-21-41-39-17-15-38(46-36(14)20-24-48-46)28-44(39)42(22-26-50(32(7)8,33(9)10)34(11)12)40-18-16-37(27-43(40)41)45-35(13)19-23-47-45/h15-20,23-24,27-34H,1-14H3. The molecule has 0 radical (unpaired) electrons. The third-order valence-corrected chi connectivity index (χ3v) is 26.6. The Morgan fingerprint density at radius 3 is 1.02 bits per heavy atom. The van der Waals surface area contributed by atoms with Crippen molar-refractivity contribution in [2.75, 3.05) is 0 Å². The minimum Gasteiger partial charge on any atom is -0.144 e. The molecule has 0 aliphatic carbocycles. The van der Waals surface area contributed by atoms with E-state index in [-0.39, 0.29) is 0 Å². The molecule has 262 valence electrons. The maximum atomic E-state index is 4.13. The van der Waals surface area contributed by atoms with E-state index in [4.69, 9.17) is 0 Å². The van der Waals surface area contributed by atoms with Crippen molar-refractivity contribution in [1.29, 1.82) is 0 Å². The lowest BCUT2D eigenvalue weighted by Crippen LogP contribution is -2.43. The zero-order chi connectivity index (χ0) is 36.7. The van der Waals surface area contributed by atoms with Gasteiger partial charge in [0.1, 0.15) is 16.1 Å². The molecule has 3 aromatic carbocycles. The van der Waals surface area contributed by atoms with Crippen LogP contribution in [0.2, 0.25) is 33.2 Å². The molecule has 0 saturated carbocycles. The van der Waals surface area contributed by atoms with Crippen LogP contribution < -0.4 is 0 Å². The van der Waals surface area contributed by atoms with E-state index in [0.29, 0.717) is 33.2 Å². The van der Waals surface area contributed by atoms with Crippen LogP contribution in [0.25, 0.3) is 42.4 Å². The lowest BCUT2D eigenvalue weighted by Gasteiger charge is -2.38. The van der Waals surface area contributed by atoms with E-state index in [1.54, 1.807) is 0 Å². The van der Waals surface area contributed by atoms with Crippen LogP contribution in [0.3, 0.4) is 0 Å². The Labute approximate surface area is 314 Å². The smallest absolute Gasteiger partial charge is 0.144 e. The third-order valence-electron chi connectivity index (χ3n) is 11.9. The summed E-state index contributed by atoms with van der Waals surface area (Å²) in [6, 6.07) is 18.7. The van der Waals surface area contributed by atoms with Gasteiger partial charge in [-0.15, -0.1) is 33.8 Å². The Morgan fingerprint density at radius 1 is 0.440 bits per heavy atom. The SMILES string of the molecule is Cc1ccsc1-c1ccc2c(C#C[Si](C(C)C)(C(C)C)C(C)C)c3cc(-c4sccc4C)ccc3c(C#C[Si](C(C)C)(C(C)C)C(C)C)c2c1. The Hall–Kier alpha value is -2.87. The lowest BCUT2D eigenvalue weighted by molar-refractivity contribution is 0.838. The normalized spacial score (nSPS) is 12.6. The fraction of sp³-hybridized carbons (Fsp3) is 0.435. The second kappa shape index (κ2) is 15.0. The van der Waals surface area contributed by atoms with E-state index in [1.165, 1.54) is 64.7 Å². The average molecular weight is 731 g/mol. The van der Waals surface area contributed by atoms with Gasteiger partial charge < -0.3 is 0 Å². The van der Waals surface area contributed by atoms with E-state index in [9.17, 15) is 0 Å². The minimum atomic E-state index is -1.99. The predicted molar refractivity (Wildman–Crippen MR) is 233 cm³/mol. The summed E-state index contributed by atoms with van der Waals surface area (Å²) >= 11 is 3.66. The summed E-state index contributed by atoms with van der Waals surface area (Å²) in [5.74, 6) is 8.00. The molecule has 5 rings (SSSR count). The van der Waals surface area contributed by atoms with E-state index in [2.05, 4.69) is 179 Å². The Balaban J connectivity index is 1.99. The number of hydrogen-bond donors (Lipinski definition) is 0. The Bertz CT molecular complexity index is 1930. The quantitative estimate of drug-likeness (QED) is 0.0847. The highest BCUT2D eigenvalue weighted by atomic mass is 32.1. The van der Waals surface area contributed by atoms with Crippen molar-refractivity contribution in [3.63, 3.8) is 0 Å². The van der Waals surface area contributed by atoms with Crippen LogP contribution in [-0.2, 0) is 0 Å². The molecular weight excluding hydrogens is 673 g/mol. The van der Waals surface area contributed by atoms with E-state index < -0.39 is 16.1 Å². The molecule has 0 spiro atoms. The number of benzene rings is 3. The highest BCUT2D eigenvalue weighted by Gasteiger charge is 2.43. The number of rotatable bonds is 8. The molecular formula is C46H58S2Si2. The number of fused-ring (bicyclic) bond motifs is 2. The second-order valence-corrected chi connectivity index (χ2v) is 29.4. The highest BCUT2D eigenvalue weighted by molar-refractivity contribution is 7.14. The number of thiophene rings is 2. The van der Waals surface area contributed by atoms with Crippen molar-refractivity contribution < 1.29 is 0 Å². The first-order valence-electron chi connectivity index (χ1n) is 18.8. The third kappa shape index (κ3) is 6.63. The van der Waals surface area contributed by atoms with E-state index >= 15 is 0 Å². The summed E-state index contributed by atoms with van der Waals surface area (Å²) in [7, 11) is -3.99. The summed E-state index contributed by atoms with van der Waals surface area (Å²) in [6.07, 6.45) is 0. The van der Waals surface area contributed by atoms with Crippen LogP contribution >= 0.6 is 22.7 Å². The molecule has 2 aromatic heterocycles. The molecule has 0 N–H and O–H groups in total. The first kappa shape index (κ1) is 38.4. The molecule has 0 amide bonds. The van der Waals surface area contributed by atoms with Gasteiger partial charge in [-0.25, -0.2) is 0 Å². The molecule has 0 fully saturated rings. The summed E-state index contributed by atoms with van der Waals surface area (Å²) in [5, 5.41) is 9.37. The van der Waals surface area contributed by atoms with Crippen molar-refractivity contribution in [2.45, 2.75) is 130 Å². The first-order valence-corrected chi connectivity index (χ1v) is 25.0. The monoisotopic (exact) mass is 730 g/mol. The van der Waals surface area contributed by atoms with Crippen molar-refractivity contribution in [2.24, 2.45) is 0 Å². The highest BCUT2D eigenvalue weighted by Crippen LogP contribution is 2.44. The zero-order valence-electron chi connectivity index (χ0n) is 33.1. The van der Waals surface area contributed by atoms with Crippen molar-refractivity contribution >= 4 is 60.4 Å². The van der Waals surface area contributed by atoms with Crippen molar-refractivity contribution in [1.82, 2.24) is 0 Å². The molecule has 0 bridgehead atoms. The maximum absolute atomic E-state index is 4.13. The molecule has 2 heterocycles. The van der Waals surface area contributed by atoms with Gasteiger partial charge in [-0.1, -0.05) is 119 Å². The van der Waals surface area contributed by atoms with Gasteiger partial charge in [0.25, 0.3) is 0 Å². The van der Waals surface area contributed by atoms with Crippen LogP contribution in [0.1, 0.15) is 105 Å². The van der Waals surface area contributed by atoms with Gasteiger partial charge in [-0.3, -0.25) is 0 Å². The van der Waals surface area contributed by atoms with Crippen LogP contribution in [-0.4, -0.2) is 16.1 Å². The minimum absolute atomic E-state index is 0.566. The molecule has 0 unspecified atom stereocenters.